The number of benzene rings is 1. The van der Waals surface area contributed by atoms with Crippen molar-refractivity contribution >= 4 is 17.7 Å². The van der Waals surface area contributed by atoms with E-state index in [9.17, 15) is 9.59 Å². The van der Waals surface area contributed by atoms with Gasteiger partial charge in [0.05, 0.1) is 6.04 Å². The van der Waals surface area contributed by atoms with Crippen LogP contribution in [0, 0.1) is 12.8 Å². The van der Waals surface area contributed by atoms with Crippen LogP contribution in [0.3, 0.4) is 0 Å². The molecule has 1 unspecified atom stereocenters. The average Bonchev–Trinajstić information content (AvgIpc) is 3.09. The molecule has 1 fully saturated rings. The van der Waals surface area contributed by atoms with Gasteiger partial charge in [-0.15, -0.1) is 0 Å². The third-order valence-corrected chi connectivity index (χ3v) is 6.76. The molecule has 0 radical (unpaired) electrons. The van der Waals surface area contributed by atoms with Gasteiger partial charge in [-0.25, -0.2) is 4.98 Å². The van der Waals surface area contributed by atoms with E-state index in [4.69, 9.17) is 0 Å². The molecule has 2 aliphatic rings. The van der Waals surface area contributed by atoms with Gasteiger partial charge in [0.2, 0.25) is 5.91 Å². The van der Waals surface area contributed by atoms with Crippen LogP contribution in [0.4, 0.5) is 0 Å². The lowest BCUT2D eigenvalue weighted by molar-refractivity contribution is -0.133. The highest BCUT2D eigenvalue weighted by atomic mass is 32.2. The van der Waals surface area contributed by atoms with Crippen LogP contribution >= 0.6 is 11.8 Å². The smallest absolute Gasteiger partial charge is 0.257 e. The Balaban J connectivity index is 1.34. The second kappa shape index (κ2) is 7.89. The Labute approximate surface area is 163 Å². The Bertz CT molecular complexity index is 873. The summed E-state index contributed by atoms with van der Waals surface area (Å²) in [4.78, 5) is 31.6. The number of rotatable bonds is 4. The van der Waals surface area contributed by atoms with Crippen molar-refractivity contribution in [1.29, 1.82) is 0 Å². The number of carbonyl (C=O) groups excluding carboxylic acids is 1. The van der Waals surface area contributed by atoms with Crippen molar-refractivity contribution in [2.45, 2.75) is 43.8 Å². The van der Waals surface area contributed by atoms with Crippen molar-refractivity contribution in [3.05, 3.63) is 58.0 Å². The van der Waals surface area contributed by atoms with Gasteiger partial charge < -0.3 is 4.90 Å². The van der Waals surface area contributed by atoms with E-state index < -0.39 is 0 Å². The minimum Gasteiger partial charge on any atom is -0.343 e. The van der Waals surface area contributed by atoms with Gasteiger partial charge in [-0.05, 0) is 37.7 Å². The van der Waals surface area contributed by atoms with Gasteiger partial charge in [0.25, 0.3) is 5.56 Å². The molecule has 1 amide bonds. The zero-order valence-electron chi connectivity index (χ0n) is 15.6. The highest BCUT2D eigenvalue weighted by Crippen LogP contribution is 2.32. The van der Waals surface area contributed by atoms with Gasteiger partial charge in [-0.3, -0.25) is 14.2 Å². The number of hydrogen-bond acceptors (Lipinski definition) is 4. The highest BCUT2D eigenvalue weighted by molar-refractivity contribution is 7.99. The molecule has 0 aliphatic carbocycles. The topological polar surface area (TPSA) is 55.2 Å². The van der Waals surface area contributed by atoms with Crippen LogP contribution in [-0.2, 0) is 11.2 Å². The number of fused-ring (bicyclic) bond motifs is 1. The third kappa shape index (κ3) is 3.95. The molecular weight excluding hydrogens is 358 g/mol. The normalized spacial score (nSPS) is 19.9. The summed E-state index contributed by atoms with van der Waals surface area (Å²) in [6.07, 6.45) is 5.22. The number of piperidine rings is 1. The van der Waals surface area contributed by atoms with Gasteiger partial charge in [0.1, 0.15) is 0 Å². The Morgan fingerprint density at radius 1 is 1.22 bits per heavy atom. The van der Waals surface area contributed by atoms with E-state index in [-0.39, 0.29) is 17.5 Å². The molecule has 27 heavy (non-hydrogen) atoms. The Morgan fingerprint density at radius 2 is 1.96 bits per heavy atom. The summed E-state index contributed by atoms with van der Waals surface area (Å²) < 4.78 is 1.72. The monoisotopic (exact) mass is 383 g/mol. The van der Waals surface area contributed by atoms with Crippen molar-refractivity contribution in [1.82, 2.24) is 14.5 Å². The van der Waals surface area contributed by atoms with Gasteiger partial charge in [-0.1, -0.05) is 42.1 Å². The quantitative estimate of drug-likeness (QED) is 0.762. The molecule has 1 aromatic carbocycles. The molecule has 3 heterocycles. The van der Waals surface area contributed by atoms with Gasteiger partial charge in [0, 0.05) is 37.0 Å². The molecule has 0 N–H and O–H groups in total. The summed E-state index contributed by atoms with van der Waals surface area (Å²) in [5.74, 6) is 1.57. The lowest BCUT2D eigenvalue weighted by Crippen LogP contribution is -2.40. The maximum atomic E-state index is 12.8. The molecule has 2 aromatic rings. The molecule has 0 saturated carbocycles. The van der Waals surface area contributed by atoms with Gasteiger partial charge >= 0.3 is 0 Å². The maximum Gasteiger partial charge on any atom is 0.257 e. The summed E-state index contributed by atoms with van der Waals surface area (Å²) >= 11 is 1.57. The largest absolute Gasteiger partial charge is 0.343 e. The number of carbonyl (C=O) groups is 1. The fraction of sp³-hybridized carbons (Fsp3) is 0.476. The number of hydrogen-bond donors (Lipinski definition) is 0. The van der Waals surface area contributed by atoms with Crippen LogP contribution in [0.25, 0.3) is 0 Å². The fourth-order valence-electron chi connectivity index (χ4n) is 4.04. The first kappa shape index (κ1) is 18.3. The van der Waals surface area contributed by atoms with Crippen LogP contribution < -0.4 is 5.56 Å². The number of thioether (sulfide) groups is 1. The first-order valence-electron chi connectivity index (χ1n) is 9.64. The number of aromatic nitrogens is 2. The Kier molecular flexibility index (Phi) is 5.34. The predicted octanol–water partition coefficient (Wildman–Crippen LogP) is 3.07. The number of nitrogens with zero attached hydrogens (tertiary/aromatic N) is 3. The summed E-state index contributed by atoms with van der Waals surface area (Å²) in [6, 6.07) is 10.5. The second-order valence-electron chi connectivity index (χ2n) is 7.58. The zero-order valence-corrected chi connectivity index (χ0v) is 16.5. The molecular formula is C21H25N3O2S. The van der Waals surface area contributed by atoms with Crippen LogP contribution in [0.1, 0.15) is 36.4 Å². The lowest BCUT2D eigenvalue weighted by atomic mass is 9.90. The van der Waals surface area contributed by atoms with Crippen molar-refractivity contribution < 1.29 is 4.79 Å². The molecule has 0 bridgehead atoms. The summed E-state index contributed by atoms with van der Waals surface area (Å²) in [5.41, 5.74) is 2.01. The number of amides is 1. The standard InChI is InChI=1S/C21H25N3O2S/c1-15-13-22-21-24(20(15)26)18(14-27-21)12-19(25)23-9-7-17(8-10-23)11-16-5-3-2-4-6-16/h2-6,13,17-18H,7-12,14H2,1H3. The van der Waals surface area contributed by atoms with Crippen LogP contribution in [-0.4, -0.2) is 39.2 Å². The van der Waals surface area contributed by atoms with Crippen LogP contribution in [0.15, 0.2) is 46.5 Å². The third-order valence-electron chi connectivity index (χ3n) is 5.65. The van der Waals surface area contributed by atoms with Crippen molar-refractivity contribution in [2.75, 3.05) is 18.8 Å². The van der Waals surface area contributed by atoms with Crippen LogP contribution in [0.5, 0.6) is 0 Å². The van der Waals surface area contributed by atoms with Gasteiger partial charge in [-0.2, -0.15) is 0 Å². The first-order valence-corrected chi connectivity index (χ1v) is 10.6. The Morgan fingerprint density at radius 3 is 2.70 bits per heavy atom. The summed E-state index contributed by atoms with van der Waals surface area (Å²) in [5, 5.41) is 0.741. The molecule has 2 aliphatic heterocycles. The number of aryl methyl sites for hydroxylation is 1. The van der Waals surface area contributed by atoms with Crippen LogP contribution in [0.2, 0.25) is 0 Å². The molecule has 6 heteroatoms. The molecule has 142 valence electrons. The van der Waals surface area contributed by atoms with E-state index in [1.54, 1.807) is 29.4 Å². The Hall–Kier alpha value is -2.08. The maximum absolute atomic E-state index is 12.8. The minimum absolute atomic E-state index is 0.00984. The molecule has 1 saturated heterocycles. The molecule has 0 spiro atoms. The highest BCUT2D eigenvalue weighted by Gasteiger charge is 2.30. The van der Waals surface area contributed by atoms with Crippen molar-refractivity contribution in [3.63, 3.8) is 0 Å². The fourth-order valence-corrected chi connectivity index (χ4v) is 5.14. The minimum atomic E-state index is -0.0700. The summed E-state index contributed by atoms with van der Waals surface area (Å²) in [7, 11) is 0. The molecule has 4 rings (SSSR count). The number of likely N-dealkylation sites (tertiary alicyclic amines) is 1. The van der Waals surface area contributed by atoms with E-state index >= 15 is 0 Å². The lowest BCUT2D eigenvalue weighted by Gasteiger charge is -2.33. The van der Waals surface area contributed by atoms with Gasteiger partial charge in [0.15, 0.2) is 5.16 Å². The van der Waals surface area contributed by atoms with E-state index in [1.165, 1.54) is 5.56 Å². The van der Waals surface area contributed by atoms with Crippen molar-refractivity contribution in [2.24, 2.45) is 5.92 Å². The van der Waals surface area contributed by atoms with E-state index in [1.807, 2.05) is 11.0 Å². The first-order chi connectivity index (χ1) is 13.1. The summed E-state index contributed by atoms with van der Waals surface area (Å²) in [6.45, 7) is 3.43. The molecule has 1 atom stereocenters. The SMILES string of the molecule is Cc1cnc2n(c1=O)C(CC(=O)N1CCC(Cc3ccccc3)CC1)CS2. The molecule has 1 aromatic heterocycles. The van der Waals surface area contributed by atoms with Crippen molar-refractivity contribution in [3.8, 4) is 0 Å². The average molecular weight is 384 g/mol. The van der Waals surface area contributed by atoms with E-state index in [0.717, 1.165) is 43.3 Å². The van der Waals surface area contributed by atoms with E-state index in [0.29, 0.717) is 17.9 Å². The zero-order chi connectivity index (χ0) is 18.8. The second-order valence-corrected chi connectivity index (χ2v) is 8.57. The molecule has 5 nitrogen and oxygen atoms in total. The predicted molar refractivity (Wildman–Crippen MR) is 107 cm³/mol. The van der Waals surface area contributed by atoms with E-state index in [2.05, 4.69) is 29.2 Å².